The van der Waals surface area contributed by atoms with Crippen molar-refractivity contribution in [2.24, 2.45) is 7.05 Å². The summed E-state index contributed by atoms with van der Waals surface area (Å²) in [6.45, 7) is 3.16. The number of aromatic amines is 1. The number of aryl methyl sites for hydroxylation is 1. The zero-order valence-corrected chi connectivity index (χ0v) is 16.9. The Morgan fingerprint density at radius 2 is 2.00 bits per heavy atom. The van der Waals surface area contributed by atoms with E-state index in [-0.39, 0.29) is 6.54 Å². The summed E-state index contributed by atoms with van der Waals surface area (Å²) >= 11 is 0. The Morgan fingerprint density at radius 3 is 2.77 bits per heavy atom. The summed E-state index contributed by atoms with van der Waals surface area (Å²) < 4.78 is 17.4. The van der Waals surface area contributed by atoms with Gasteiger partial charge in [0.25, 0.3) is 0 Å². The molecule has 0 aromatic carbocycles. The van der Waals surface area contributed by atoms with E-state index in [9.17, 15) is 4.39 Å². The van der Waals surface area contributed by atoms with Crippen LogP contribution in [0.5, 0.6) is 0 Å². The minimum absolute atomic E-state index is 0.140. The highest BCUT2D eigenvalue weighted by atomic mass is 19.1. The van der Waals surface area contributed by atoms with E-state index in [1.807, 2.05) is 48.6 Å². The minimum Gasteiger partial charge on any atom is -0.351 e. The zero-order valence-electron chi connectivity index (χ0n) is 16.9. The van der Waals surface area contributed by atoms with E-state index in [1.165, 1.54) is 13.8 Å². The quantitative estimate of drug-likeness (QED) is 0.465. The van der Waals surface area contributed by atoms with E-state index < -0.39 is 5.67 Å². The van der Waals surface area contributed by atoms with Gasteiger partial charge in [0.2, 0.25) is 5.95 Å². The van der Waals surface area contributed by atoms with E-state index >= 15 is 0 Å². The number of halogens is 1. The average molecular weight is 404 g/mol. The van der Waals surface area contributed by atoms with E-state index in [2.05, 4.69) is 36.5 Å². The topological polar surface area (TPSA) is 88.7 Å². The van der Waals surface area contributed by atoms with E-state index in [0.717, 1.165) is 33.2 Å². The van der Waals surface area contributed by atoms with Crippen LogP contribution in [-0.2, 0) is 7.05 Å². The number of H-pyrrole nitrogens is 1. The lowest BCUT2D eigenvalue weighted by molar-refractivity contribution is 0.234. The van der Waals surface area contributed by atoms with Gasteiger partial charge in [-0.15, -0.1) is 0 Å². The molecule has 0 aliphatic heterocycles. The molecular weight excluding hydrogens is 383 g/mol. The van der Waals surface area contributed by atoms with Gasteiger partial charge in [-0.25, -0.2) is 13.9 Å². The molecule has 30 heavy (non-hydrogen) atoms. The lowest BCUT2D eigenvalue weighted by atomic mass is 10.1. The molecule has 0 saturated heterocycles. The molecule has 0 atom stereocenters. The molecule has 8 nitrogen and oxygen atoms in total. The van der Waals surface area contributed by atoms with Crippen molar-refractivity contribution in [2.75, 3.05) is 11.9 Å². The second-order valence-electron chi connectivity index (χ2n) is 7.94. The van der Waals surface area contributed by atoms with Crippen LogP contribution < -0.4 is 5.32 Å². The smallest absolute Gasteiger partial charge is 0.224 e. The molecule has 0 amide bonds. The van der Waals surface area contributed by atoms with E-state index in [4.69, 9.17) is 0 Å². The Balaban J connectivity index is 1.53. The summed E-state index contributed by atoms with van der Waals surface area (Å²) in [5, 5.41) is 12.5. The zero-order chi connectivity index (χ0) is 20.9. The van der Waals surface area contributed by atoms with Crippen molar-refractivity contribution in [3.05, 3.63) is 49.3 Å². The average Bonchev–Trinajstić information content (AvgIpc) is 3.42. The number of rotatable bonds is 5. The summed E-state index contributed by atoms with van der Waals surface area (Å²) in [6.07, 6.45) is 11.2. The monoisotopic (exact) mass is 404 g/mol. The van der Waals surface area contributed by atoms with Crippen LogP contribution in [0.4, 0.5) is 10.3 Å². The molecule has 0 spiro atoms. The Morgan fingerprint density at radius 1 is 1.13 bits per heavy atom. The SMILES string of the molecule is Cn1cc(-c2cnn3ccc(-c4c[nH]c5nc(NCC(C)(C)F)ncc45)cc23)cn1. The van der Waals surface area contributed by atoms with Crippen molar-refractivity contribution < 1.29 is 4.39 Å². The predicted octanol–water partition coefficient (Wildman–Crippen LogP) is 3.83. The highest BCUT2D eigenvalue weighted by Crippen LogP contribution is 2.31. The van der Waals surface area contributed by atoms with Crippen LogP contribution in [0.25, 0.3) is 38.8 Å². The van der Waals surface area contributed by atoms with Crippen LogP contribution in [-0.4, -0.2) is 46.6 Å². The Hall–Kier alpha value is -3.75. The summed E-state index contributed by atoms with van der Waals surface area (Å²) in [7, 11) is 1.89. The minimum atomic E-state index is -1.34. The fourth-order valence-electron chi connectivity index (χ4n) is 3.45. The van der Waals surface area contributed by atoms with Crippen molar-refractivity contribution in [3.8, 4) is 22.3 Å². The molecule has 5 aromatic heterocycles. The van der Waals surface area contributed by atoms with E-state index in [1.54, 1.807) is 10.9 Å². The molecule has 0 bridgehead atoms. The van der Waals surface area contributed by atoms with Crippen molar-refractivity contribution in [1.29, 1.82) is 0 Å². The van der Waals surface area contributed by atoms with Gasteiger partial charge in [-0.3, -0.25) is 4.68 Å². The molecule has 2 N–H and O–H groups in total. The molecule has 0 aliphatic carbocycles. The molecule has 0 radical (unpaired) electrons. The maximum Gasteiger partial charge on any atom is 0.224 e. The third-order valence-corrected chi connectivity index (χ3v) is 4.95. The molecule has 0 fully saturated rings. The van der Waals surface area contributed by atoms with E-state index in [0.29, 0.717) is 11.6 Å². The van der Waals surface area contributed by atoms with Crippen molar-refractivity contribution in [3.63, 3.8) is 0 Å². The van der Waals surface area contributed by atoms with Crippen molar-refractivity contribution in [1.82, 2.24) is 34.3 Å². The molecule has 5 rings (SSSR count). The first-order valence-corrected chi connectivity index (χ1v) is 9.61. The van der Waals surface area contributed by atoms with Crippen LogP contribution in [0, 0.1) is 0 Å². The van der Waals surface area contributed by atoms with Crippen LogP contribution in [0.2, 0.25) is 0 Å². The van der Waals surface area contributed by atoms with Gasteiger partial charge in [0, 0.05) is 53.9 Å². The molecular formula is C21H21FN8. The number of aromatic nitrogens is 7. The van der Waals surface area contributed by atoms with Crippen molar-refractivity contribution >= 4 is 22.5 Å². The van der Waals surface area contributed by atoms with Gasteiger partial charge in [-0.2, -0.15) is 15.2 Å². The summed E-state index contributed by atoms with van der Waals surface area (Å²) in [5.41, 5.74) is 4.38. The first-order chi connectivity index (χ1) is 14.4. The number of hydrogen-bond acceptors (Lipinski definition) is 5. The second-order valence-corrected chi connectivity index (χ2v) is 7.94. The number of pyridine rings is 1. The second kappa shape index (κ2) is 6.65. The van der Waals surface area contributed by atoms with Gasteiger partial charge in [-0.1, -0.05) is 0 Å². The number of nitrogens with zero attached hydrogens (tertiary/aromatic N) is 6. The maximum atomic E-state index is 13.7. The number of fused-ring (bicyclic) bond motifs is 2. The van der Waals surface area contributed by atoms with Gasteiger partial charge in [0.1, 0.15) is 11.3 Å². The number of nitrogens with one attached hydrogen (secondary N) is 2. The molecule has 0 unspecified atom stereocenters. The standard InChI is InChI=1S/C21H21FN8/c1-21(2,22)12-25-20-24-9-17-15(8-23-19(17)28-20)13-4-5-30-18(6-13)16(10-27-30)14-7-26-29(3)11-14/h4-11H,12H2,1-3H3,(H2,23,24,25,28). The lowest BCUT2D eigenvalue weighted by Gasteiger charge is -2.14. The Bertz CT molecular complexity index is 1350. The van der Waals surface area contributed by atoms with Gasteiger partial charge in [0.05, 0.1) is 24.5 Å². The molecule has 5 aromatic rings. The van der Waals surface area contributed by atoms with Crippen molar-refractivity contribution in [2.45, 2.75) is 19.5 Å². The number of anilines is 1. The normalized spacial score (nSPS) is 12.1. The summed E-state index contributed by atoms with van der Waals surface area (Å²) in [4.78, 5) is 12.0. The molecule has 152 valence electrons. The lowest BCUT2D eigenvalue weighted by Crippen LogP contribution is -2.25. The molecule has 0 aliphatic rings. The molecule has 5 heterocycles. The van der Waals surface area contributed by atoms with Gasteiger partial charge in [0.15, 0.2) is 0 Å². The first-order valence-electron chi connectivity index (χ1n) is 9.61. The highest BCUT2D eigenvalue weighted by Gasteiger charge is 2.16. The van der Waals surface area contributed by atoms with Gasteiger partial charge in [-0.05, 0) is 31.5 Å². The Labute approximate surface area is 171 Å². The van der Waals surface area contributed by atoms with Crippen LogP contribution in [0.15, 0.2) is 49.3 Å². The highest BCUT2D eigenvalue weighted by molar-refractivity contribution is 5.95. The van der Waals surface area contributed by atoms with Crippen LogP contribution >= 0.6 is 0 Å². The maximum absolute atomic E-state index is 13.7. The summed E-state index contributed by atoms with van der Waals surface area (Å²) in [6, 6.07) is 4.10. The van der Waals surface area contributed by atoms with Gasteiger partial charge < -0.3 is 10.3 Å². The largest absolute Gasteiger partial charge is 0.351 e. The number of alkyl halides is 1. The van der Waals surface area contributed by atoms with Crippen LogP contribution in [0.1, 0.15) is 13.8 Å². The Kier molecular flexibility index (Phi) is 4.05. The third-order valence-electron chi connectivity index (χ3n) is 4.95. The fourth-order valence-corrected chi connectivity index (χ4v) is 3.45. The summed E-state index contributed by atoms with van der Waals surface area (Å²) in [5.74, 6) is 0.395. The predicted molar refractivity (Wildman–Crippen MR) is 114 cm³/mol. The number of hydrogen-bond donors (Lipinski definition) is 2. The van der Waals surface area contributed by atoms with Gasteiger partial charge >= 0.3 is 0 Å². The van der Waals surface area contributed by atoms with Crippen LogP contribution in [0.3, 0.4) is 0 Å². The molecule has 9 heteroatoms. The first kappa shape index (κ1) is 18.3. The third kappa shape index (κ3) is 3.28. The fraction of sp³-hybridized carbons (Fsp3) is 0.238. The molecule has 0 saturated carbocycles.